The van der Waals surface area contributed by atoms with Gasteiger partial charge < -0.3 is 5.32 Å². The molecule has 0 aromatic heterocycles. The molecule has 0 fully saturated rings. The van der Waals surface area contributed by atoms with Gasteiger partial charge in [-0.05, 0) is 58.3 Å². The van der Waals surface area contributed by atoms with E-state index in [4.69, 9.17) is 0 Å². The highest BCUT2D eigenvalue weighted by molar-refractivity contribution is 6.13. The van der Waals surface area contributed by atoms with Crippen LogP contribution in [0, 0.1) is 0 Å². The van der Waals surface area contributed by atoms with Crippen LogP contribution in [0.5, 0.6) is 0 Å². The zero-order valence-corrected chi connectivity index (χ0v) is 17.3. The van der Waals surface area contributed by atoms with Gasteiger partial charge in [0.1, 0.15) is 0 Å². The summed E-state index contributed by atoms with van der Waals surface area (Å²) in [5.74, 6) is -0.348. The van der Waals surface area contributed by atoms with Crippen LogP contribution in [0.25, 0.3) is 21.5 Å². The molecule has 5 heteroatoms. The topological polar surface area (TPSA) is 70.6 Å². The SMILES string of the molecule is CCCC(=O)Nc1ccc(C(=O)N/N=C/c2c3ccccc3cc3ccccc23)cc1. The van der Waals surface area contributed by atoms with Gasteiger partial charge in [-0.1, -0.05) is 55.5 Å². The molecule has 0 unspecified atom stereocenters. The van der Waals surface area contributed by atoms with Gasteiger partial charge in [-0.15, -0.1) is 0 Å². The van der Waals surface area contributed by atoms with Gasteiger partial charge in [0.2, 0.25) is 5.91 Å². The minimum atomic E-state index is -0.313. The Kier molecular flexibility index (Phi) is 6.03. The van der Waals surface area contributed by atoms with Crippen LogP contribution in [0.3, 0.4) is 0 Å². The molecular weight excluding hydrogens is 386 g/mol. The first-order valence-electron chi connectivity index (χ1n) is 10.3. The number of nitrogens with one attached hydrogen (secondary N) is 2. The molecule has 0 aliphatic heterocycles. The Morgan fingerprint density at radius 2 is 1.48 bits per heavy atom. The van der Waals surface area contributed by atoms with Crippen LogP contribution in [0.2, 0.25) is 0 Å². The highest BCUT2D eigenvalue weighted by Gasteiger charge is 2.08. The number of benzene rings is 4. The first kappa shape index (κ1) is 20.3. The van der Waals surface area contributed by atoms with Gasteiger partial charge in [-0.3, -0.25) is 9.59 Å². The summed E-state index contributed by atoms with van der Waals surface area (Å²) in [6.07, 6.45) is 2.96. The number of hydrogen-bond donors (Lipinski definition) is 2. The van der Waals surface area contributed by atoms with Crippen LogP contribution in [-0.4, -0.2) is 18.0 Å². The van der Waals surface area contributed by atoms with Gasteiger partial charge in [0.05, 0.1) is 6.21 Å². The molecule has 0 aliphatic rings. The van der Waals surface area contributed by atoms with Crippen molar-refractivity contribution in [2.24, 2.45) is 5.10 Å². The summed E-state index contributed by atoms with van der Waals surface area (Å²) in [5.41, 5.74) is 4.70. The number of nitrogens with zero attached hydrogens (tertiary/aromatic N) is 1. The molecule has 4 aromatic carbocycles. The second-order valence-corrected chi connectivity index (χ2v) is 7.31. The largest absolute Gasteiger partial charge is 0.326 e. The van der Waals surface area contributed by atoms with Crippen molar-refractivity contribution in [3.63, 3.8) is 0 Å². The molecule has 0 heterocycles. The Morgan fingerprint density at radius 1 is 0.871 bits per heavy atom. The summed E-state index contributed by atoms with van der Waals surface area (Å²) >= 11 is 0. The van der Waals surface area contributed by atoms with Gasteiger partial charge >= 0.3 is 0 Å². The van der Waals surface area contributed by atoms with E-state index in [1.807, 2.05) is 31.2 Å². The Bertz CT molecular complexity index is 1220. The van der Waals surface area contributed by atoms with Crippen molar-refractivity contribution in [3.8, 4) is 0 Å². The molecule has 2 amide bonds. The quantitative estimate of drug-likeness (QED) is 0.251. The molecule has 154 valence electrons. The average molecular weight is 409 g/mol. The monoisotopic (exact) mass is 409 g/mol. The molecule has 0 aliphatic carbocycles. The average Bonchev–Trinajstić information content (AvgIpc) is 2.79. The van der Waals surface area contributed by atoms with Crippen LogP contribution in [0.15, 0.2) is 84.0 Å². The second-order valence-electron chi connectivity index (χ2n) is 7.31. The Morgan fingerprint density at radius 3 is 2.10 bits per heavy atom. The van der Waals surface area contributed by atoms with Crippen molar-refractivity contribution >= 4 is 45.3 Å². The molecule has 2 N–H and O–H groups in total. The zero-order valence-electron chi connectivity index (χ0n) is 17.3. The highest BCUT2D eigenvalue weighted by Crippen LogP contribution is 2.27. The maximum atomic E-state index is 12.5. The number of amides is 2. The number of anilines is 1. The Hall–Kier alpha value is -3.99. The molecule has 0 radical (unpaired) electrons. The van der Waals surface area contributed by atoms with Gasteiger partial charge in [0.25, 0.3) is 5.91 Å². The van der Waals surface area contributed by atoms with Crippen LogP contribution in [-0.2, 0) is 4.79 Å². The molecule has 0 spiro atoms. The van der Waals surface area contributed by atoms with Crippen molar-refractivity contribution < 1.29 is 9.59 Å². The minimum absolute atomic E-state index is 0.0355. The molecule has 0 saturated heterocycles. The van der Waals surface area contributed by atoms with E-state index in [9.17, 15) is 9.59 Å². The van der Waals surface area contributed by atoms with E-state index >= 15 is 0 Å². The molecule has 31 heavy (non-hydrogen) atoms. The van der Waals surface area contributed by atoms with Crippen LogP contribution in [0.4, 0.5) is 5.69 Å². The number of hydrazone groups is 1. The fraction of sp³-hybridized carbons (Fsp3) is 0.115. The lowest BCUT2D eigenvalue weighted by atomic mass is 9.97. The normalized spacial score (nSPS) is 11.1. The van der Waals surface area contributed by atoms with Gasteiger partial charge in [0.15, 0.2) is 0 Å². The first-order chi connectivity index (χ1) is 15.2. The number of carbonyl (C=O) groups excluding carboxylic acids is 2. The summed E-state index contributed by atoms with van der Waals surface area (Å²) in [6, 6.07) is 25.2. The maximum Gasteiger partial charge on any atom is 0.271 e. The third-order valence-corrected chi connectivity index (χ3v) is 5.08. The summed E-state index contributed by atoms with van der Waals surface area (Å²) in [5, 5.41) is 11.4. The van der Waals surface area contributed by atoms with E-state index in [1.54, 1.807) is 30.5 Å². The van der Waals surface area contributed by atoms with E-state index in [-0.39, 0.29) is 11.8 Å². The van der Waals surface area contributed by atoms with Gasteiger partial charge in [0, 0.05) is 23.2 Å². The lowest BCUT2D eigenvalue weighted by Gasteiger charge is -2.08. The van der Waals surface area contributed by atoms with Gasteiger partial charge in [-0.25, -0.2) is 5.43 Å². The van der Waals surface area contributed by atoms with E-state index < -0.39 is 0 Å². The van der Waals surface area contributed by atoms with E-state index in [0.29, 0.717) is 17.7 Å². The fourth-order valence-corrected chi connectivity index (χ4v) is 3.56. The maximum absolute atomic E-state index is 12.5. The molecule has 4 aromatic rings. The van der Waals surface area contributed by atoms with Crippen molar-refractivity contribution in [2.45, 2.75) is 19.8 Å². The van der Waals surface area contributed by atoms with E-state index in [0.717, 1.165) is 33.5 Å². The first-order valence-corrected chi connectivity index (χ1v) is 10.3. The highest BCUT2D eigenvalue weighted by atomic mass is 16.2. The molecule has 0 saturated carbocycles. The molecular formula is C26H23N3O2. The number of carbonyl (C=O) groups is 2. The minimum Gasteiger partial charge on any atom is -0.326 e. The van der Waals surface area contributed by atoms with Crippen molar-refractivity contribution in [2.75, 3.05) is 5.32 Å². The zero-order chi connectivity index (χ0) is 21.6. The Balaban J connectivity index is 1.52. The third-order valence-electron chi connectivity index (χ3n) is 5.08. The summed E-state index contributed by atoms with van der Waals surface area (Å²) in [6.45, 7) is 1.95. The predicted octanol–water partition coefficient (Wildman–Crippen LogP) is 5.50. The molecule has 0 bridgehead atoms. The van der Waals surface area contributed by atoms with Crippen LogP contribution < -0.4 is 10.7 Å². The smallest absolute Gasteiger partial charge is 0.271 e. The number of hydrogen-bond acceptors (Lipinski definition) is 3. The molecule has 4 rings (SSSR count). The van der Waals surface area contributed by atoms with Crippen molar-refractivity contribution in [1.29, 1.82) is 0 Å². The summed E-state index contributed by atoms with van der Waals surface area (Å²) in [4.78, 5) is 24.2. The van der Waals surface area contributed by atoms with Gasteiger partial charge in [-0.2, -0.15) is 5.10 Å². The predicted molar refractivity (Wildman–Crippen MR) is 126 cm³/mol. The molecule has 0 atom stereocenters. The lowest BCUT2D eigenvalue weighted by molar-refractivity contribution is -0.116. The second kappa shape index (κ2) is 9.22. The standard InChI is InChI=1S/C26H23N3O2/c1-2-7-25(30)28-21-14-12-18(13-15-21)26(31)29-27-17-24-22-10-5-3-8-19(22)16-20-9-4-6-11-23(20)24/h3-6,8-17H,2,7H2,1H3,(H,28,30)(H,29,31)/b27-17+. The summed E-state index contributed by atoms with van der Waals surface area (Å²) in [7, 11) is 0. The van der Waals surface area contributed by atoms with Crippen LogP contribution in [0.1, 0.15) is 35.7 Å². The third kappa shape index (κ3) is 4.61. The number of fused-ring (bicyclic) bond motifs is 2. The van der Waals surface area contributed by atoms with E-state index in [2.05, 4.69) is 46.2 Å². The summed E-state index contributed by atoms with van der Waals surface area (Å²) < 4.78 is 0. The molecule has 5 nitrogen and oxygen atoms in total. The lowest BCUT2D eigenvalue weighted by Crippen LogP contribution is -2.17. The van der Waals surface area contributed by atoms with Crippen LogP contribution >= 0.6 is 0 Å². The van der Waals surface area contributed by atoms with E-state index in [1.165, 1.54) is 0 Å². The Labute approximate surface area is 180 Å². The van der Waals surface area contributed by atoms with Crippen molar-refractivity contribution in [3.05, 3.63) is 90.0 Å². The number of rotatable bonds is 6. The van der Waals surface area contributed by atoms with Crippen molar-refractivity contribution in [1.82, 2.24) is 5.43 Å². The fourth-order valence-electron chi connectivity index (χ4n) is 3.56.